The number of carbonyl (C=O) groups is 1. The van der Waals surface area contributed by atoms with Crippen molar-refractivity contribution in [3.63, 3.8) is 0 Å². The Bertz CT molecular complexity index is 667. The summed E-state index contributed by atoms with van der Waals surface area (Å²) < 4.78 is 0. The molecule has 0 unspecified atom stereocenters. The van der Waals surface area contributed by atoms with Gasteiger partial charge >= 0.3 is 0 Å². The third kappa shape index (κ3) is 5.85. The van der Waals surface area contributed by atoms with E-state index in [9.17, 15) is 4.79 Å². The van der Waals surface area contributed by atoms with Gasteiger partial charge in [-0.1, -0.05) is 41.9 Å². The minimum Gasteiger partial charge on any atom is -0.326 e. The highest BCUT2D eigenvalue weighted by Gasteiger charge is 2.17. The monoisotopic (exact) mass is 357 g/mol. The Hall–Kier alpha value is -1.88. The molecule has 0 aromatic heterocycles. The first-order valence-corrected chi connectivity index (χ1v) is 9.11. The summed E-state index contributed by atoms with van der Waals surface area (Å²) in [5.41, 5.74) is 2.15. The maximum absolute atomic E-state index is 12.0. The van der Waals surface area contributed by atoms with Crippen LogP contribution in [0.25, 0.3) is 0 Å². The lowest BCUT2D eigenvalue weighted by molar-refractivity contribution is -0.116. The Morgan fingerprint density at radius 2 is 1.56 bits per heavy atom. The molecule has 2 aromatic rings. The van der Waals surface area contributed by atoms with Crippen molar-refractivity contribution in [1.29, 1.82) is 0 Å². The zero-order valence-corrected chi connectivity index (χ0v) is 15.1. The van der Waals surface area contributed by atoms with Crippen molar-refractivity contribution in [1.82, 2.24) is 9.80 Å². The van der Waals surface area contributed by atoms with Crippen LogP contribution >= 0.6 is 11.6 Å². The molecule has 132 valence electrons. The highest BCUT2D eigenvalue weighted by molar-refractivity contribution is 6.30. The molecule has 0 bridgehead atoms. The highest BCUT2D eigenvalue weighted by Crippen LogP contribution is 2.13. The van der Waals surface area contributed by atoms with Gasteiger partial charge in [-0.25, -0.2) is 0 Å². The SMILES string of the molecule is O=C(CCN1CCN(Cc2ccc(Cl)cc2)CC1)Nc1ccccc1. The van der Waals surface area contributed by atoms with Crippen LogP contribution in [0.4, 0.5) is 5.69 Å². The smallest absolute Gasteiger partial charge is 0.225 e. The zero-order valence-electron chi connectivity index (χ0n) is 14.3. The van der Waals surface area contributed by atoms with Gasteiger partial charge in [-0.05, 0) is 29.8 Å². The van der Waals surface area contributed by atoms with E-state index >= 15 is 0 Å². The molecule has 0 spiro atoms. The summed E-state index contributed by atoms with van der Waals surface area (Å²) in [5.74, 6) is 0.0785. The number of piperazine rings is 1. The number of amides is 1. The molecule has 1 N–H and O–H groups in total. The van der Waals surface area contributed by atoms with E-state index in [0.29, 0.717) is 6.42 Å². The lowest BCUT2D eigenvalue weighted by Crippen LogP contribution is -2.46. The van der Waals surface area contributed by atoms with Crippen molar-refractivity contribution in [3.8, 4) is 0 Å². The molecule has 0 saturated carbocycles. The molecule has 2 aromatic carbocycles. The summed E-state index contributed by atoms with van der Waals surface area (Å²) >= 11 is 5.93. The van der Waals surface area contributed by atoms with Gasteiger partial charge in [0, 0.05) is 56.4 Å². The van der Waals surface area contributed by atoms with Gasteiger partial charge in [-0.2, -0.15) is 0 Å². The van der Waals surface area contributed by atoms with Crippen LogP contribution < -0.4 is 5.32 Å². The van der Waals surface area contributed by atoms with E-state index in [2.05, 4.69) is 27.2 Å². The van der Waals surface area contributed by atoms with Gasteiger partial charge in [0.05, 0.1) is 0 Å². The Balaban J connectivity index is 1.36. The van der Waals surface area contributed by atoms with Crippen LogP contribution in [0, 0.1) is 0 Å². The maximum Gasteiger partial charge on any atom is 0.225 e. The maximum atomic E-state index is 12.0. The predicted molar refractivity (Wildman–Crippen MR) is 103 cm³/mol. The third-order valence-electron chi connectivity index (χ3n) is 4.50. The largest absolute Gasteiger partial charge is 0.326 e. The first kappa shape index (κ1) is 17.9. The van der Waals surface area contributed by atoms with Crippen molar-refractivity contribution < 1.29 is 4.79 Å². The minimum atomic E-state index is 0.0785. The average Bonchev–Trinajstić information content (AvgIpc) is 2.64. The van der Waals surface area contributed by atoms with Crippen LogP contribution in [0.5, 0.6) is 0 Å². The summed E-state index contributed by atoms with van der Waals surface area (Å²) in [6.07, 6.45) is 0.534. The molecule has 3 rings (SSSR count). The van der Waals surface area contributed by atoms with Crippen LogP contribution in [-0.4, -0.2) is 48.4 Å². The van der Waals surface area contributed by atoms with Crippen molar-refractivity contribution in [2.24, 2.45) is 0 Å². The summed E-state index contributed by atoms with van der Waals surface area (Å²) in [7, 11) is 0. The second kappa shape index (κ2) is 8.99. The van der Waals surface area contributed by atoms with E-state index in [1.807, 2.05) is 42.5 Å². The van der Waals surface area contributed by atoms with Crippen LogP contribution in [-0.2, 0) is 11.3 Å². The lowest BCUT2D eigenvalue weighted by atomic mass is 10.2. The quantitative estimate of drug-likeness (QED) is 0.859. The molecule has 0 atom stereocenters. The van der Waals surface area contributed by atoms with Gasteiger partial charge in [-0.15, -0.1) is 0 Å². The number of hydrogen-bond acceptors (Lipinski definition) is 3. The lowest BCUT2D eigenvalue weighted by Gasteiger charge is -2.34. The molecule has 4 nitrogen and oxygen atoms in total. The molecule has 1 heterocycles. The topological polar surface area (TPSA) is 35.6 Å². The number of benzene rings is 2. The van der Waals surface area contributed by atoms with Gasteiger partial charge in [-0.3, -0.25) is 9.69 Å². The molecule has 5 heteroatoms. The number of rotatable bonds is 6. The summed E-state index contributed by atoms with van der Waals surface area (Å²) in [4.78, 5) is 16.8. The van der Waals surface area contributed by atoms with E-state index < -0.39 is 0 Å². The van der Waals surface area contributed by atoms with Crippen LogP contribution in [0.15, 0.2) is 54.6 Å². The van der Waals surface area contributed by atoms with Gasteiger partial charge in [0.15, 0.2) is 0 Å². The van der Waals surface area contributed by atoms with Gasteiger partial charge in [0.2, 0.25) is 5.91 Å². The Morgan fingerprint density at radius 3 is 2.24 bits per heavy atom. The zero-order chi connectivity index (χ0) is 17.5. The molecule has 1 aliphatic rings. The normalized spacial score (nSPS) is 15.9. The molecular weight excluding hydrogens is 334 g/mol. The fraction of sp³-hybridized carbons (Fsp3) is 0.350. The van der Waals surface area contributed by atoms with E-state index in [1.165, 1.54) is 5.56 Å². The van der Waals surface area contributed by atoms with Crippen molar-refractivity contribution >= 4 is 23.2 Å². The van der Waals surface area contributed by atoms with Crippen molar-refractivity contribution in [2.75, 3.05) is 38.0 Å². The fourth-order valence-electron chi connectivity index (χ4n) is 3.02. The summed E-state index contributed by atoms with van der Waals surface area (Å²) in [5, 5.41) is 3.72. The molecule has 0 radical (unpaired) electrons. The summed E-state index contributed by atoms with van der Waals surface area (Å²) in [6.45, 7) is 5.84. The Labute approximate surface area is 154 Å². The van der Waals surface area contributed by atoms with Crippen molar-refractivity contribution in [2.45, 2.75) is 13.0 Å². The number of nitrogens with one attached hydrogen (secondary N) is 1. The number of anilines is 1. The molecule has 1 amide bonds. The predicted octanol–water partition coefficient (Wildman–Crippen LogP) is 3.49. The highest BCUT2D eigenvalue weighted by atomic mass is 35.5. The number of halogens is 1. The van der Waals surface area contributed by atoms with Gasteiger partial charge in [0.1, 0.15) is 0 Å². The fourth-order valence-corrected chi connectivity index (χ4v) is 3.15. The van der Waals surface area contributed by atoms with Crippen molar-refractivity contribution in [3.05, 3.63) is 65.2 Å². The summed E-state index contributed by atoms with van der Waals surface area (Å²) in [6, 6.07) is 17.7. The minimum absolute atomic E-state index is 0.0785. The van der Waals surface area contributed by atoms with Crippen LogP contribution in [0.2, 0.25) is 5.02 Å². The second-order valence-electron chi connectivity index (χ2n) is 6.41. The first-order valence-electron chi connectivity index (χ1n) is 8.73. The van der Waals surface area contributed by atoms with E-state index in [4.69, 9.17) is 11.6 Å². The van der Waals surface area contributed by atoms with Crippen LogP contribution in [0.3, 0.4) is 0 Å². The molecule has 1 aliphatic heterocycles. The first-order chi connectivity index (χ1) is 12.2. The van der Waals surface area contributed by atoms with Gasteiger partial charge < -0.3 is 10.2 Å². The standard InChI is InChI=1S/C20H24ClN3O/c21-18-8-6-17(7-9-18)16-24-14-12-23(13-15-24)11-10-20(25)22-19-4-2-1-3-5-19/h1-9H,10-16H2,(H,22,25). The number of carbonyl (C=O) groups excluding carboxylic acids is 1. The van der Waals surface area contributed by atoms with E-state index in [0.717, 1.165) is 50.0 Å². The number of hydrogen-bond donors (Lipinski definition) is 1. The molecule has 25 heavy (non-hydrogen) atoms. The molecule has 1 fully saturated rings. The Kier molecular flexibility index (Phi) is 6.45. The second-order valence-corrected chi connectivity index (χ2v) is 6.84. The molecular formula is C20H24ClN3O. The third-order valence-corrected chi connectivity index (χ3v) is 4.75. The van der Waals surface area contributed by atoms with E-state index in [-0.39, 0.29) is 5.91 Å². The number of para-hydroxylation sites is 1. The van der Waals surface area contributed by atoms with E-state index in [1.54, 1.807) is 0 Å². The number of nitrogens with zero attached hydrogens (tertiary/aromatic N) is 2. The molecule has 1 saturated heterocycles. The van der Waals surface area contributed by atoms with Crippen LogP contribution in [0.1, 0.15) is 12.0 Å². The Morgan fingerprint density at radius 1 is 0.920 bits per heavy atom. The van der Waals surface area contributed by atoms with Gasteiger partial charge in [0.25, 0.3) is 0 Å². The average molecular weight is 358 g/mol. The molecule has 0 aliphatic carbocycles.